The molecule has 92 valence electrons. The molecule has 1 aliphatic heterocycles. The van der Waals surface area contributed by atoms with Gasteiger partial charge >= 0.3 is 5.97 Å². The minimum atomic E-state index is -0.124. The van der Waals surface area contributed by atoms with Gasteiger partial charge in [0.05, 0.1) is 19.6 Å². The van der Waals surface area contributed by atoms with E-state index < -0.39 is 0 Å². The molecule has 0 aliphatic carbocycles. The summed E-state index contributed by atoms with van der Waals surface area (Å²) in [6.45, 7) is 2.89. The first kappa shape index (κ1) is 11.8. The highest BCUT2D eigenvalue weighted by molar-refractivity contribution is 5.75. The summed E-state index contributed by atoms with van der Waals surface area (Å²) in [5, 5.41) is 3.25. The molecule has 1 atom stereocenters. The minimum absolute atomic E-state index is 0.0872. The van der Waals surface area contributed by atoms with Crippen LogP contribution in [0.4, 0.5) is 5.69 Å². The van der Waals surface area contributed by atoms with Crippen LogP contribution in [0.15, 0.2) is 18.2 Å². The van der Waals surface area contributed by atoms with Gasteiger partial charge in [0, 0.05) is 18.3 Å². The average molecular weight is 235 g/mol. The summed E-state index contributed by atoms with van der Waals surface area (Å²) in [6.07, 6.45) is 0.727. The monoisotopic (exact) mass is 235 g/mol. The molecule has 0 radical (unpaired) electrons. The standard InChI is InChI=1S/C13H17NO3/c1-3-17-13(15)10-6-9-4-5-11(16-2)7-12(9)14-8-10/h4-5,7,10,14H,3,6,8H2,1-2H3. The average Bonchev–Trinajstić information content (AvgIpc) is 2.37. The number of ether oxygens (including phenoxy) is 2. The molecule has 17 heavy (non-hydrogen) atoms. The third-order valence-electron chi connectivity index (χ3n) is 2.94. The van der Waals surface area contributed by atoms with Gasteiger partial charge in [-0.25, -0.2) is 0 Å². The number of esters is 1. The van der Waals surface area contributed by atoms with E-state index in [1.54, 1.807) is 7.11 Å². The Morgan fingerprint density at radius 1 is 1.53 bits per heavy atom. The zero-order valence-corrected chi connectivity index (χ0v) is 10.2. The molecule has 1 aromatic carbocycles. The first-order valence-electron chi connectivity index (χ1n) is 5.82. The Balaban J connectivity index is 2.11. The van der Waals surface area contributed by atoms with Gasteiger partial charge in [-0.3, -0.25) is 4.79 Å². The number of benzene rings is 1. The molecule has 0 aromatic heterocycles. The Kier molecular flexibility index (Phi) is 3.52. The largest absolute Gasteiger partial charge is 0.497 e. The number of anilines is 1. The van der Waals surface area contributed by atoms with Crippen molar-refractivity contribution in [2.75, 3.05) is 25.6 Å². The van der Waals surface area contributed by atoms with Crippen molar-refractivity contribution < 1.29 is 14.3 Å². The fraction of sp³-hybridized carbons (Fsp3) is 0.462. The lowest BCUT2D eigenvalue weighted by atomic mass is 9.94. The number of rotatable bonds is 3. The lowest BCUT2D eigenvalue weighted by Gasteiger charge is -2.25. The fourth-order valence-corrected chi connectivity index (χ4v) is 2.02. The van der Waals surface area contributed by atoms with Crippen molar-refractivity contribution in [3.05, 3.63) is 23.8 Å². The van der Waals surface area contributed by atoms with E-state index in [0.29, 0.717) is 13.2 Å². The molecule has 4 heteroatoms. The van der Waals surface area contributed by atoms with Gasteiger partial charge in [0.1, 0.15) is 5.75 Å². The first-order valence-corrected chi connectivity index (χ1v) is 5.82. The molecule has 1 unspecified atom stereocenters. The van der Waals surface area contributed by atoms with Crippen LogP contribution in [-0.2, 0) is 16.0 Å². The molecule has 1 aromatic rings. The molecule has 0 bridgehead atoms. The van der Waals surface area contributed by atoms with Crippen LogP contribution in [-0.4, -0.2) is 26.2 Å². The highest BCUT2D eigenvalue weighted by Crippen LogP contribution is 2.29. The number of hydrogen-bond acceptors (Lipinski definition) is 4. The van der Waals surface area contributed by atoms with Gasteiger partial charge in [-0.15, -0.1) is 0 Å². The van der Waals surface area contributed by atoms with Gasteiger partial charge in [-0.2, -0.15) is 0 Å². The number of hydrogen-bond donors (Lipinski definition) is 1. The van der Waals surface area contributed by atoms with E-state index in [1.165, 1.54) is 0 Å². The van der Waals surface area contributed by atoms with Gasteiger partial charge in [0.25, 0.3) is 0 Å². The molecule has 0 amide bonds. The summed E-state index contributed by atoms with van der Waals surface area (Å²) in [5.41, 5.74) is 2.18. The van der Waals surface area contributed by atoms with Crippen molar-refractivity contribution in [2.24, 2.45) is 5.92 Å². The van der Waals surface area contributed by atoms with Crippen LogP contribution in [0.5, 0.6) is 5.75 Å². The first-order chi connectivity index (χ1) is 8.24. The SMILES string of the molecule is CCOC(=O)C1CNc2cc(OC)ccc2C1. The predicted octanol–water partition coefficient (Wildman–Crippen LogP) is 1.84. The Morgan fingerprint density at radius 3 is 3.06 bits per heavy atom. The third kappa shape index (κ3) is 2.52. The number of carbonyl (C=O) groups is 1. The van der Waals surface area contributed by atoms with Crippen LogP contribution >= 0.6 is 0 Å². The summed E-state index contributed by atoms with van der Waals surface area (Å²) in [5.74, 6) is 0.614. The molecule has 1 N–H and O–H groups in total. The Morgan fingerprint density at radius 2 is 2.35 bits per heavy atom. The van der Waals surface area contributed by atoms with Crippen LogP contribution in [0, 0.1) is 5.92 Å². The summed E-state index contributed by atoms with van der Waals surface area (Å²) < 4.78 is 10.2. The molecular formula is C13H17NO3. The maximum Gasteiger partial charge on any atom is 0.311 e. The smallest absolute Gasteiger partial charge is 0.311 e. The topological polar surface area (TPSA) is 47.6 Å². The maximum atomic E-state index is 11.6. The summed E-state index contributed by atoms with van der Waals surface area (Å²) >= 11 is 0. The highest BCUT2D eigenvalue weighted by Gasteiger charge is 2.25. The second-order valence-electron chi connectivity index (χ2n) is 4.06. The van der Waals surface area contributed by atoms with E-state index in [-0.39, 0.29) is 11.9 Å². The summed E-state index contributed by atoms with van der Waals surface area (Å²) in [4.78, 5) is 11.6. The Labute approximate surface area is 101 Å². The third-order valence-corrected chi connectivity index (χ3v) is 2.94. The number of fused-ring (bicyclic) bond motifs is 1. The minimum Gasteiger partial charge on any atom is -0.497 e. The van der Waals surface area contributed by atoms with E-state index in [1.807, 2.05) is 25.1 Å². The lowest BCUT2D eigenvalue weighted by molar-refractivity contribution is -0.147. The molecule has 0 saturated carbocycles. The predicted molar refractivity (Wildman–Crippen MR) is 65.3 cm³/mol. The Bertz CT molecular complexity index is 417. The highest BCUT2D eigenvalue weighted by atomic mass is 16.5. The van der Waals surface area contributed by atoms with E-state index in [9.17, 15) is 4.79 Å². The van der Waals surface area contributed by atoms with Crippen molar-refractivity contribution in [3.63, 3.8) is 0 Å². The van der Waals surface area contributed by atoms with Gasteiger partial charge in [0.2, 0.25) is 0 Å². The molecule has 4 nitrogen and oxygen atoms in total. The lowest BCUT2D eigenvalue weighted by Crippen LogP contribution is -2.31. The second-order valence-corrected chi connectivity index (χ2v) is 4.06. The fourth-order valence-electron chi connectivity index (χ4n) is 2.02. The maximum absolute atomic E-state index is 11.6. The number of carbonyl (C=O) groups excluding carboxylic acids is 1. The molecule has 0 fully saturated rings. The van der Waals surface area contributed by atoms with E-state index >= 15 is 0 Å². The zero-order valence-electron chi connectivity index (χ0n) is 10.2. The number of nitrogens with one attached hydrogen (secondary N) is 1. The molecular weight excluding hydrogens is 218 g/mol. The van der Waals surface area contributed by atoms with Crippen LogP contribution < -0.4 is 10.1 Å². The van der Waals surface area contributed by atoms with Crippen LogP contribution in [0.25, 0.3) is 0 Å². The number of methoxy groups -OCH3 is 1. The quantitative estimate of drug-likeness (QED) is 0.812. The zero-order chi connectivity index (χ0) is 12.3. The van der Waals surface area contributed by atoms with Gasteiger partial charge < -0.3 is 14.8 Å². The van der Waals surface area contributed by atoms with Gasteiger partial charge in [-0.05, 0) is 25.0 Å². The van der Waals surface area contributed by atoms with E-state index in [2.05, 4.69) is 5.32 Å². The molecule has 0 saturated heterocycles. The van der Waals surface area contributed by atoms with Crippen LogP contribution in [0.2, 0.25) is 0 Å². The van der Waals surface area contributed by atoms with Crippen molar-refractivity contribution in [2.45, 2.75) is 13.3 Å². The van der Waals surface area contributed by atoms with Gasteiger partial charge in [0.15, 0.2) is 0 Å². The normalized spacial score (nSPS) is 17.9. The van der Waals surface area contributed by atoms with Gasteiger partial charge in [-0.1, -0.05) is 6.07 Å². The van der Waals surface area contributed by atoms with Crippen molar-refractivity contribution in [1.82, 2.24) is 0 Å². The van der Waals surface area contributed by atoms with Crippen LogP contribution in [0.3, 0.4) is 0 Å². The van der Waals surface area contributed by atoms with E-state index in [0.717, 1.165) is 23.4 Å². The van der Waals surface area contributed by atoms with Crippen LogP contribution in [0.1, 0.15) is 12.5 Å². The van der Waals surface area contributed by atoms with Crippen molar-refractivity contribution in [3.8, 4) is 5.75 Å². The second kappa shape index (κ2) is 5.08. The molecule has 0 spiro atoms. The van der Waals surface area contributed by atoms with Crippen molar-refractivity contribution >= 4 is 11.7 Å². The van der Waals surface area contributed by atoms with E-state index in [4.69, 9.17) is 9.47 Å². The molecule has 1 aliphatic rings. The molecule has 1 heterocycles. The summed E-state index contributed by atoms with van der Waals surface area (Å²) in [6, 6.07) is 5.86. The molecule has 2 rings (SSSR count). The Hall–Kier alpha value is -1.71. The summed E-state index contributed by atoms with van der Waals surface area (Å²) in [7, 11) is 1.64. The van der Waals surface area contributed by atoms with Crippen molar-refractivity contribution in [1.29, 1.82) is 0 Å².